The zero-order chi connectivity index (χ0) is 17.4. The maximum atomic E-state index is 12.1. The maximum Gasteiger partial charge on any atom is 0.411 e. The van der Waals surface area contributed by atoms with Crippen LogP contribution in [0.25, 0.3) is 0 Å². The van der Waals surface area contributed by atoms with Crippen LogP contribution in [0.2, 0.25) is 0 Å². The number of hydrogen-bond donors (Lipinski definition) is 0. The van der Waals surface area contributed by atoms with Gasteiger partial charge in [-0.2, -0.15) is 18.2 Å². The van der Waals surface area contributed by atoms with Gasteiger partial charge in [-0.15, -0.1) is 0 Å². The molecule has 5 nitrogen and oxygen atoms in total. The number of halogens is 3. The van der Waals surface area contributed by atoms with Crippen molar-refractivity contribution < 1.29 is 27.2 Å². The summed E-state index contributed by atoms with van der Waals surface area (Å²) in [6.07, 6.45) is -4.09. The van der Waals surface area contributed by atoms with E-state index in [1.54, 1.807) is 0 Å². The molecule has 1 heterocycles. The summed E-state index contributed by atoms with van der Waals surface area (Å²) < 4.78 is 51.5. The average Bonchev–Trinajstić information content (AvgIpc) is 3.01. The zero-order valence-electron chi connectivity index (χ0n) is 13.3. The van der Waals surface area contributed by atoms with Crippen LogP contribution in [-0.2, 0) is 22.5 Å². The standard InChI is InChI=1S/C16H19F3N2O3/c1-12(23-11-16(17,18)19)15-20-14(24-21-15)8-5-9-22-10-13-6-3-2-4-7-13/h2-4,6-7,12H,5,8-11H2,1H3. The topological polar surface area (TPSA) is 57.4 Å². The van der Waals surface area contributed by atoms with E-state index in [0.717, 1.165) is 5.56 Å². The Balaban J connectivity index is 1.66. The minimum Gasteiger partial charge on any atom is -0.377 e. The van der Waals surface area contributed by atoms with Crippen molar-refractivity contribution in [3.63, 3.8) is 0 Å². The van der Waals surface area contributed by atoms with Crippen molar-refractivity contribution in [1.29, 1.82) is 0 Å². The molecule has 0 aliphatic carbocycles. The molecule has 24 heavy (non-hydrogen) atoms. The monoisotopic (exact) mass is 344 g/mol. The summed E-state index contributed by atoms with van der Waals surface area (Å²) in [5.74, 6) is 0.468. The van der Waals surface area contributed by atoms with Gasteiger partial charge in [0, 0.05) is 13.0 Å². The van der Waals surface area contributed by atoms with Crippen LogP contribution in [0, 0.1) is 0 Å². The molecule has 0 spiro atoms. The van der Waals surface area contributed by atoms with Crippen LogP contribution < -0.4 is 0 Å². The predicted octanol–water partition coefficient (Wildman–Crippen LogP) is 3.86. The Morgan fingerprint density at radius 2 is 1.96 bits per heavy atom. The summed E-state index contributed by atoms with van der Waals surface area (Å²) >= 11 is 0. The summed E-state index contributed by atoms with van der Waals surface area (Å²) in [6, 6.07) is 9.79. The third-order valence-electron chi connectivity index (χ3n) is 3.14. The number of benzene rings is 1. The molecule has 1 unspecified atom stereocenters. The van der Waals surface area contributed by atoms with Gasteiger partial charge in [-0.3, -0.25) is 0 Å². The Morgan fingerprint density at radius 3 is 2.67 bits per heavy atom. The Kier molecular flexibility index (Phi) is 6.74. The predicted molar refractivity (Wildman–Crippen MR) is 79.1 cm³/mol. The third-order valence-corrected chi connectivity index (χ3v) is 3.14. The van der Waals surface area contributed by atoms with Gasteiger partial charge in [0.15, 0.2) is 5.82 Å². The van der Waals surface area contributed by atoms with E-state index in [-0.39, 0.29) is 5.82 Å². The Morgan fingerprint density at radius 1 is 1.21 bits per heavy atom. The van der Waals surface area contributed by atoms with Crippen LogP contribution in [0.15, 0.2) is 34.9 Å². The molecule has 0 N–H and O–H groups in total. The molecule has 0 amide bonds. The summed E-state index contributed by atoms with van der Waals surface area (Å²) in [4.78, 5) is 4.04. The second-order valence-electron chi connectivity index (χ2n) is 5.26. The number of nitrogens with zero attached hydrogens (tertiary/aromatic N) is 2. The molecule has 0 radical (unpaired) electrons. The molecule has 0 aliphatic rings. The zero-order valence-corrected chi connectivity index (χ0v) is 13.3. The number of rotatable bonds is 9. The highest BCUT2D eigenvalue weighted by Crippen LogP contribution is 2.20. The molecule has 0 aliphatic heterocycles. The van der Waals surface area contributed by atoms with Gasteiger partial charge in [-0.1, -0.05) is 35.5 Å². The molecular formula is C16H19F3N2O3. The molecule has 0 saturated carbocycles. The van der Waals surface area contributed by atoms with Crippen molar-refractivity contribution in [2.24, 2.45) is 0 Å². The number of hydrogen-bond acceptors (Lipinski definition) is 5. The lowest BCUT2D eigenvalue weighted by Crippen LogP contribution is -2.18. The highest BCUT2D eigenvalue weighted by molar-refractivity contribution is 5.13. The molecule has 0 fully saturated rings. The first-order chi connectivity index (χ1) is 11.4. The van der Waals surface area contributed by atoms with Crippen molar-refractivity contribution in [3.8, 4) is 0 Å². The van der Waals surface area contributed by atoms with Crippen LogP contribution in [0.5, 0.6) is 0 Å². The van der Waals surface area contributed by atoms with E-state index in [0.29, 0.717) is 31.9 Å². The second-order valence-corrected chi connectivity index (χ2v) is 5.26. The fraction of sp³-hybridized carbons (Fsp3) is 0.500. The van der Waals surface area contributed by atoms with Crippen LogP contribution in [0.4, 0.5) is 13.2 Å². The first kappa shape index (κ1) is 18.4. The van der Waals surface area contributed by atoms with E-state index in [9.17, 15) is 13.2 Å². The fourth-order valence-electron chi connectivity index (χ4n) is 1.92. The molecule has 2 rings (SSSR count). The SMILES string of the molecule is CC(OCC(F)(F)F)c1noc(CCCOCc2ccccc2)n1. The van der Waals surface area contributed by atoms with E-state index in [4.69, 9.17) is 9.26 Å². The van der Waals surface area contributed by atoms with E-state index < -0.39 is 18.9 Å². The summed E-state index contributed by atoms with van der Waals surface area (Å²) in [6.45, 7) is 1.15. The van der Waals surface area contributed by atoms with E-state index in [1.807, 2.05) is 30.3 Å². The van der Waals surface area contributed by atoms with E-state index in [2.05, 4.69) is 14.9 Å². The van der Waals surface area contributed by atoms with E-state index in [1.165, 1.54) is 6.92 Å². The number of aryl methyl sites for hydroxylation is 1. The van der Waals surface area contributed by atoms with Gasteiger partial charge >= 0.3 is 6.18 Å². The molecular weight excluding hydrogens is 325 g/mol. The van der Waals surface area contributed by atoms with Gasteiger partial charge in [0.2, 0.25) is 5.89 Å². The largest absolute Gasteiger partial charge is 0.411 e. The number of ether oxygens (including phenoxy) is 2. The fourth-order valence-corrected chi connectivity index (χ4v) is 1.92. The lowest BCUT2D eigenvalue weighted by atomic mass is 10.2. The van der Waals surface area contributed by atoms with Crippen molar-refractivity contribution >= 4 is 0 Å². The number of alkyl halides is 3. The quantitative estimate of drug-likeness (QED) is 0.647. The minimum atomic E-state index is -4.38. The van der Waals surface area contributed by atoms with Crippen LogP contribution in [0.3, 0.4) is 0 Å². The van der Waals surface area contributed by atoms with Crippen molar-refractivity contribution in [1.82, 2.24) is 10.1 Å². The lowest BCUT2D eigenvalue weighted by molar-refractivity contribution is -0.185. The van der Waals surface area contributed by atoms with Crippen LogP contribution >= 0.6 is 0 Å². The third kappa shape index (κ3) is 6.67. The Labute approximate surface area is 137 Å². The lowest BCUT2D eigenvalue weighted by Gasteiger charge is -2.10. The molecule has 8 heteroatoms. The highest BCUT2D eigenvalue weighted by Gasteiger charge is 2.29. The molecule has 1 atom stereocenters. The van der Waals surface area contributed by atoms with Gasteiger partial charge in [0.05, 0.1) is 6.61 Å². The van der Waals surface area contributed by atoms with Gasteiger partial charge in [0.1, 0.15) is 12.7 Å². The molecule has 0 bridgehead atoms. The smallest absolute Gasteiger partial charge is 0.377 e. The van der Waals surface area contributed by atoms with Crippen LogP contribution in [-0.4, -0.2) is 29.5 Å². The Hall–Kier alpha value is -1.93. The number of aromatic nitrogens is 2. The average molecular weight is 344 g/mol. The second kappa shape index (κ2) is 8.79. The van der Waals surface area contributed by atoms with Crippen molar-refractivity contribution in [3.05, 3.63) is 47.6 Å². The van der Waals surface area contributed by atoms with Crippen molar-refractivity contribution in [2.75, 3.05) is 13.2 Å². The first-order valence-electron chi connectivity index (χ1n) is 7.56. The summed E-state index contributed by atoms with van der Waals surface area (Å²) in [5, 5.41) is 3.64. The summed E-state index contributed by atoms with van der Waals surface area (Å²) in [5.41, 5.74) is 1.09. The minimum absolute atomic E-state index is 0.111. The molecule has 132 valence electrons. The molecule has 1 aromatic heterocycles. The van der Waals surface area contributed by atoms with Gasteiger partial charge < -0.3 is 14.0 Å². The van der Waals surface area contributed by atoms with Gasteiger partial charge in [-0.05, 0) is 18.9 Å². The molecule has 2 aromatic rings. The van der Waals surface area contributed by atoms with E-state index >= 15 is 0 Å². The van der Waals surface area contributed by atoms with Crippen molar-refractivity contribution in [2.45, 2.75) is 38.7 Å². The molecule has 1 aromatic carbocycles. The summed E-state index contributed by atoms with van der Waals surface area (Å²) in [7, 11) is 0. The van der Waals surface area contributed by atoms with Gasteiger partial charge in [0.25, 0.3) is 0 Å². The maximum absolute atomic E-state index is 12.1. The highest BCUT2D eigenvalue weighted by atomic mass is 19.4. The Bertz CT molecular complexity index is 602. The van der Waals surface area contributed by atoms with Gasteiger partial charge in [-0.25, -0.2) is 0 Å². The molecule has 0 saturated heterocycles. The first-order valence-corrected chi connectivity index (χ1v) is 7.56. The van der Waals surface area contributed by atoms with Crippen LogP contribution in [0.1, 0.15) is 36.7 Å². The normalized spacial score (nSPS) is 13.2.